The van der Waals surface area contributed by atoms with E-state index in [1.165, 1.54) is 6.42 Å². The van der Waals surface area contributed by atoms with E-state index in [1.807, 2.05) is 55.5 Å². The molecule has 27 heavy (non-hydrogen) atoms. The van der Waals surface area contributed by atoms with Gasteiger partial charge in [-0.25, -0.2) is 0 Å². The van der Waals surface area contributed by atoms with Crippen LogP contribution >= 0.6 is 0 Å². The molecule has 5 atom stereocenters. The highest BCUT2D eigenvalue weighted by atomic mass is 16.6. The second-order valence-electron chi connectivity index (χ2n) is 8.68. The minimum absolute atomic E-state index is 0.00540. The first kappa shape index (κ1) is 19.7. The Morgan fingerprint density at radius 1 is 1.26 bits per heavy atom. The molecule has 1 aromatic carbocycles. The van der Waals surface area contributed by atoms with Gasteiger partial charge >= 0.3 is 5.97 Å². The van der Waals surface area contributed by atoms with Gasteiger partial charge < -0.3 is 9.47 Å². The Balaban J connectivity index is 1.71. The van der Waals surface area contributed by atoms with Crippen LogP contribution < -0.4 is 0 Å². The molecule has 0 radical (unpaired) electrons. The van der Waals surface area contributed by atoms with E-state index in [0.29, 0.717) is 17.8 Å². The SMILES string of the molecule is CC(C)[C@@H]1CC[C@@H](C)C[C@H]1OC(=O)[C@@]1(C)C=CO[C@H]1/C=C\c1ccccc1. The largest absolute Gasteiger partial charge is 0.493 e. The number of ether oxygens (including phenoxy) is 2. The van der Waals surface area contributed by atoms with Gasteiger partial charge in [0.05, 0.1) is 6.26 Å². The van der Waals surface area contributed by atoms with Crippen molar-refractivity contribution >= 4 is 12.0 Å². The molecule has 0 N–H and O–H groups in total. The Kier molecular flexibility index (Phi) is 6.08. The molecule has 1 aliphatic carbocycles. The zero-order valence-corrected chi connectivity index (χ0v) is 16.9. The van der Waals surface area contributed by atoms with E-state index < -0.39 is 5.41 Å². The molecule has 3 nitrogen and oxygen atoms in total. The number of rotatable bonds is 5. The minimum atomic E-state index is -0.784. The first-order chi connectivity index (χ1) is 12.9. The molecule has 1 aromatic rings. The zero-order valence-electron chi connectivity index (χ0n) is 16.9. The highest BCUT2D eigenvalue weighted by Crippen LogP contribution is 2.39. The molecule has 1 fully saturated rings. The van der Waals surface area contributed by atoms with Crippen LogP contribution in [0, 0.1) is 23.2 Å². The Morgan fingerprint density at radius 3 is 2.70 bits per heavy atom. The first-order valence-electron chi connectivity index (χ1n) is 10.2. The summed E-state index contributed by atoms with van der Waals surface area (Å²) in [6, 6.07) is 10.0. The monoisotopic (exact) mass is 368 g/mol. The maximum absolute atomic E-state index is 13.1. The Morgan fingerprint density at radius 2 is 2.00 bits per heavy atom. The van der Waals surface area contributed by atoms with Crippen molar-refractivity contribution in [3.63, 3.8) is 0 Å². The normalized spacial score (nSPS) is 33.4. The van der Waals surface area contributed by atoms with Crippen LogP contribution in [0.2, 0.25) is 0 Å². The molecular weight excluding hydrogens is 336 g/mol. The molecule has 3 heteroatoms. The van der Waals surface area contributed by atoms with E-state index in [4.69, 9.17) is 9.47 Å². The maximum atomic E-state index is 13.1. The molecule has 2 aliphatic rings. The van der Waals surface area contributed by atoms with Gasteiger partial charge in [0, 0.05) is 0 Å². The van der Waals surface area contributed by atoms with Crippen LogP contribution in [0.5, 0.6) is 0 Å². The van der Waals surface area contributed by atoms with Crippen LogP contribution in [0.1, 0.15) is 52.5 Å². The zero-order chi connectivity index (χ0) is 19.4. The van der Waals surface area contributed by atoms with E-state index in [-0.39, 0.29) is 18.2 Å². The molecule has 0 bridgehead atoms. The van der Waals surface area contributed by atoms with Gasteiger partial charge in [-0.1, -0.05) is 63.6 Å². The average Bonchev–Trinajstić information content (AvgIpc) is 3.02. The summed E-state index contributed by atoms with van der Waals surface area (Å²) in [5, 5.41) is 0. The molecule has 1 aliphatic heterocycles. The fourth-order valence-electron chi connectivity index (χ4n) is 4.21. The highest BCUT2D eigenvalue weighted by Gasteiger charge is 2.46. The predicted molar refractivity (Wildman–Crippen MR) is 109 cm³/mol. The molecule has 0 aromatic heterocycles. The van der Waals surface area contributed by atoms with Crippen LogP contribution in [0.4, 0.5) is 0 Å². The minimum Gasteiger partial charge on any atom is -0.493 e. The van der Waals surface area contributed by atoms with Crippen molar-refractivity contribution in [2.45, 2.75) is 59.2 Å². The van der Waals surface area contributed by atoms with Crippen LogP contribution in [-0.2, 0) is 14.3 Å². The number of carbonyl (C=O) groups excluding carboxylic acids is 1. The number of carbonyl (C=O) groups is 1. The summed E-state index contributed by atoms with van der Waals surface area (Å²) in [5.74, 6) is 1.39. The molecule has 1 heterocycles. The summed E-state index contributed by atoms with van der Waals surface area (Å²) in [7, 11) is 0. The van der Waals surface area contributed by atoms with E-state index in [0.717, 1.165) is 18.4 Å². The van der Waals surface area contributed by atoms with Gasteiger partial charge in [-0.05, 0) is 55.2 Å². The van der Waals surface area contributed by atoms with Crippen LogP contribution in [0.25, 0.3) is 6.08 Å². The lowest BCUT2D eigenvalue weighted by Crippen LogP contribution is -2.42. The fraction of sp³-hybridized carbons (Fsp3) is 0.542. The number of hydrogen-bond acceptors (Lipinski definition) is 3. The Hall–Kier alpha value is -2.03. The standard InChI is InChI=1S/C24H32O3/c1-17(2)20-12-10-18(3)16-21(20)27-23(25)24(4)14-15-26-22(24)13-11-19-8-6-5-7-9-19/h5-9,11,13-15,17-18,20-22H,10,12,16H2,1-4H3/b13-11-/t18-,20+,21-,22+,24+/m1/s1. The molecule has 146 valence electrons. The lowest BCUT2D eigenvalue weighted by Gasteiger charge is -2.38. The quantitative estimate of drug-likeness (QED) is 0.633. The van der Waals surface area contributed by atoms with Crippen molar-refractivity contribution in [2.24, 2.45) is 23.2 Å². The lowest BCUT2D eigenvalue weighted by molar-refractivity contribution is -0.167. The van der Waals surface area contributed by atoms with Crippen molar-refractivity contribution in [3.05, 3.63) is 54.3 Å². The van der Waals surface area contributed by atoms with Crippen molar-refractivity contribution in [1.82, 2.24) is 0 Å². The summed E-state index contributed by atoms with van der Waals surface area (Å²) >= 11 is 0. The number of hydrogen-bond donors (Lipinski definition) is 0. The van der Waals surface area contributed by atoms with Gasteiger partial charge in [0.15, 0.2) is 0 Å². The summed E-state index contributed by atoms with van der Waals surface area (Å²) in [4.78, 5) is 13.1. The van der Waals surface area contributed by atoms with Crippen LogP contribution in [0.15, 0.2) is 48.7 Å². The Bertz CT molecular complexity index is 691. The molecule has 1 saturated carbocycles. The van der Waals surface area contributed by atoms with Crippen molar-refractivity contribution in [2.75, 3.05) is 0 Å². The van der Waals surface area contributed by atoms with E-state index in [2.05, 4.69) is 20.8 Å². The van der Waals surface area contributed by atoms with Gasteiger partial charge in [0.25, 0.3) is 0 Å². The molecule has 0 saturated heterocycles. The summed E-state index contributed by atoms with van der Waals surface area (Å²) in [6.07, 6.45) is 10.4. The van der Waals surface area contributed by atoms with Crippen LogP contribution in [-0.4, -0.2) is 18.2 Å². The van der Waals surface area contributed by atoms with Crippen LogP contribution in [0.3, 0.4) is 0 Å². The Labute approximate surface area is 163 Å². The molecule has 3 rings (SSSR count). The summed E-state index contributed by atoms with van der Waals surface area (Å²) in [6.45, 7) is 8.62. The topological polar surface area (TPSA) is 35.5 Å². The average molecular weight is 369 g/mol. The van der Waals surface area contributed by atoms with Gasteiger partial charge in [0.1, 0.15) is 17.6 Å². The maximum Gasteiger partial charge on any atom is 0.320 e. The predicted octanol–water partition coefficient (Wildman–Crippen LogP) is 5.62. The number of esters is 1. The van der Waals surface area contributed by atoms with E-state index >= 15 is 0 Å². The summed E-state index contributed by atoms with van der Waals surface area (Å²) < 4.78 is 11.8. The van der Waals surface area contributed by atoms with Crippen molar-refractivity contribution in [1.29, 1.82) is 0 Å². The molecule has 0 spiro atoms. The van der Waals surface area contributed by atoms with Crippen molar-refractivity contribution < 1.29 is 14.3 Å². The first-order valence-corrected chi connectivity index (χ1v) is 10.2. The second kappa shape index (κ2) is 8.33. The fourth-order valence-corrected chi connectivity index (χ4v) is 4.21. The summed E-state index contributed by atoms with van der Waals surface area (Å²) in [5.41, 5.74) is 0.303. The third-order valence-corrected chi connectivity index (χ3v) is 6.15. The smallest absolute Gasteiger partial charge is 0.320 e. The third-order valence-electron chi connectivity index (χ3n) is 6.15. The van der Waals surface area contributed by atoms with Gasteiger partial charge in [-0.3, -0.25) is 4.79 Å². The third kappa shape index (κ3) is 4.45. The van der Waals surface area contributed by atoms with E-state index in [9.17, 15) is 4.79 Å². The molecular formula is C24H32O3. The highest BCUT2D eigenvalue weighted by molar-refractivity contribution is 5.81. The molecule has 0 unspecified atom stereocenters. The number of benzene rings is 1. The van der Waals surface area contributed by atoms with E-state index in [1.54, 1.807) is 6.26 Å². The second-order valence-corrected chi connectivity index (χ2v) is 8.68. The van der Waals surface area contributed by atoms with Gasteiger partial charge in [0.2, 0.25) is 0 Å². The van der Waals surface area contributed by atoms with Gasteiger partial charge in [-0.2, -0.15) is 0 Å². The molecule has 0 amide bonds. The lowest BCUT2D eigenvalue weighted by atomic mass is 9.75. The van der Waals surface area contributed by atoms with Gasteiger partial charge in [-0.15, -0.1) is 0 Å². The van der Waals surface area contributed by atoms with Crippen molar-refractivity contribution in [3.8, 4) is 0 Å².